The second-order valence-electron chi connectivity index (χ2n) is 4.00. The molecule has 0 aliphatic carbocycles. The maximum atomic E-state index is 12.7. The van der Waals surface area contributed by atoms with Crippen LogP contribution in [0.2, 0.25) is 0 Å². The lowest BCUT2D eigenvalue weighted by molar-refractivity contribution is 0.621. The van der Waals surface area contributed by atoms with Gasteiger partial charge in [-0.15, -0.1) is 11.3 Å². The van der Waals surface area contributed by atoms with Crippen LogP contribution in [0.25, 0.3) is 0 Å². The predicted octanol–water partition coefficient (Wildman–Crippen LogP) is 3.14. The molecule has 6 heteroatoms. The third kappa shape index (κ3) is 3.64. The zero-order valence-corrected chi connectivity index (χ0v) is 11.9. The highest BCUT2D eigenvalue weighted by Gasteiger charge is 2.07. The molecular weight excluding hydrogens is 263 g/mol. The Hall–Kier alpha value is -1.69. The lowest BCUT2D eigenvalue weighted by Crippen LogP contribution is -2.21. The minimum Gasteiger partial charge on any atom is -0.365 e. The van der Waals surface area contributed by atoms with Crippen molar-refractivity contribution in [2.45, 2.75) is 20.4 Å². The number of nitrogens with one attached hydrogen (secondary N) is 1. The van der Waals surface area contributed by atoms with E-state index in [-0.39, 0.29) is 5.82 Å². The molecule has 0 aliphatic rings. The van der Waals surface area contributed by atoms with E-state index in [9.17, 15) is 4.39 Å². The zero-order valence-electron chi connectivity index (χ0n) is 11.1. The summed E-state index contributed by atoms with van der Waals surface area (Å²) in [5, 5.41) is 4.19. The first-order valence-electron chi connectivity index (χ1n) is 6.28. The van der Waals surface area contributed by atoms with E-state index in [0.717, 1.165) is 23.1 Å². The second-order valence-corrected chi connectivity index (χ2v) is 5.09. The van der Waals surface area contributed by atoms with Gasteiger partial charge < -0.3 is 10.2 Å². The normalized spacial score (nSPS) is 10.5. The highest BCUT2D eigenvalue weighted by Crippen LogP contribution is 2.22. The molecule has 0 fully saturated rings. The van der Waals surface area contributed by atoms with E-state index in [0.29, 0.717) is 12.4 Å². The van der Waals surface area contributed by atoms with Crippen LogP contribution in [-0.2, 0) is 6.54 Å². The molecule has 0 aliphatic heterocycles. The van der Waals surface area contributed by atoms with E-state index in [1.165, 1.54) is 12.3 Å². The van der Waals surface area contributed by atoms with Gasteiger partial charge in [-0.1, -0.05) is 0 Å². The van der Waals surface area contributed by atoms with Gasteiger partial charge in [0.1, 0.15) is 11.6 Å². The minimum atomic E-state index is -0.327. The molecule has 0 saturated carbocycles. The topological polar surface area (TPSA) is 41.1 Å². The number of anilines is 2. The number of thiazole rings is 1. The first-order chi connectivity index (χ1) is 9.22. The quantitative estimate of drug-likeness (QED) is 0.882. The molecule has 0 radical (unpaired) electrons. The summed E-state index contributed by atoms with van der Waals surface area (Å²) in [5.74, 6) is 0.339. The highest BCUT2D eigenvalue weighted by atomic mass is 32.1. The van der Waals surface area contributed by atoms with Gasteiger partial charge in [-0.25, -0.2) is 14.4 Å². The van der Waals surface area contributed by atoms with Crippen LogP contribution in [0.1, 0.15) is 18.7 Å². The van der Waals surface area contributed by atoms with E-state index in [1.807, 2.05) is 6.20 Å². The fourth-order valence-electron chi connectivity index (χ4n) is 1.68. The van der Waals surface area contributed by atoms with Gasteiger partial charge in [0.05, 0.1) is 12.7 Å². The molecule has 4 nitrogen and oxygen atoms in total. The molecule has 0 saturated heterocycles. The largest absolute Gasteiger partial charge is 0.365 e. The second kappa shape index (κ2) is 6.47. The van der Waals surface area contributed by atoms with E-state index in [4.69, 9.17) is 0 Å². The Morgan fingerprint density at radius 3 is 2.63 bits per heavy atom. The lowest BCUT2D eigenvalue weighted by Gasteiger charge is -2.16. The smallest absolute Gasteiger partial charge is 0.185 e. The van der Waals surface area contributed by atoms with E-state index < -0.39 is 0 Å². The van der Waals surface area contributed by atoms with Gasteiger partial charge in [0, 0.05) is 24.2 Å². The van der Waals surface area contributed by atoms with E-state index in [2.05, 4.69) is 34.0 Å². The van der Waals surface area contributed by atoms with Gasteiger partial charge >= 0.3 is 0 Å². The van der Waals surface area contributed by atoms with Crippen molar-refractivity contribution in [2.24, 2.45) is 0 Å². The number of pyridine rings is 1. The van der Waals surface area contributed by atoms with Crippen molar-refractivity contribution in [3.8, 4) is 0 Å². The van der Waals surface area contributed by atoms with Crippen molar-refractivity contribution in [2.75, 3.05) is 23.3 Å². The van der Waals surface area contributed by atoms with Gasteiger partial charge in [-0.3, -0.25) is 0 Å². The third-order valence-corrected chi connectivity index (χ3v) is 3.80. The summed E-state index contributed by atoms with van der Waals surface area (Å²) in [6, 6.07) is 3.02. The van der Waals surface area contributed by atoms with Gasteiger partial charge in [0.15, 0.2) is 5.13 Å². The summed E-state index contributed by atoms with van der Waals surface area (Å²) in [6.45, 7) is 6.79. The number of hydrogen-bond donors (Lipinski definition) is 1. The van der Waals surface area contributed by atoms with Crippen LogP contribution in [0.4, 0.5) is 15.3 Å². The standard InChI is InChI=1S/C13H17FN4S/c1-3-18(4-2)13-17-9-11(19-13)8-16-12-6-5-10(14)7-15-12/h5-7,9H,3-4,8H2,1-2H3,(H,15,16). The van der Waals surface area contributed by atoms with Crippen molar-refractivity contribution in [3.63, 3.8) is 0 Å². The Balaban J connectivity index is 1.95. The number of hydrogen-bond acceptors (Lipinski definition) is 5. The number of halogens is 1. The molecule has 102 valence electrons. The van der Waals surface area contributed by atoms with E-state index in [1.54, 1.807) is 17.4 Å². The van der Waals surface area contributed by atoms with Crippen LogP contribution in [0, 0.1) is 5.82 Å². The van der Waals surface area contributed by atoms with Crippen LogP contribution in [0.5, 0.6) is 0 Å². The number of aromatic nitrogens is 2. The average molecular weight is 280 g/mol. The summed E-state index contributed by atoms with van der Waals surface area (Å²) in [6.07, 6.45) is 3.07. The SMILES string of the molecule is CCN(CC)c1ncc(CNc2ccc(F)cn2)s1. The summed E-state index contributed by atoms with van der Waals surface area (Å²) >= 11 is 1.66. The van der Waals surface area contributed by atoms with Gasteiger partial charge in [0.2, 0.25) is 0 Å². The molecule has 0 bridgehead atoms. The molecule has 2 rings (SSSR count). The maximum Gasteiger partial charge on any atom is 0.185 e. The highest BCUT2D eigenvalue weighted by molar-refractivity contribution is 7.15. The van der Waals surface area contributed by atoms with Crippen LogP contribution in [0.3, 0.4) is 0 Å². The van der Waals surface area contributed by atoms with Crippen molar-refractivity contribution in [1.29, 1.82) is 0 Å². The van der Waals surface area contributed by atoms with Gasteiger partial charge in [0.25, 0.3) is 0 Å². The van der Waals surface area contributed by atoms with Crippen molar-refractivity contribution >= 4 is 22.3 Å². The molecule has 2 aromatic rings. The average Bonchev–Trinajstić information content (AvgIpc) is 2.88. The van der Waals surface area contributed by atoms with Gasteiger partial charge in [-0.05, 0) is 26.0 Å². The summed E-state index contributed by atoms with van der Waals surface area (Å²) in [7, 11) is 0. The van der Waals surface area contributed by atoms with Crippen LogP contribution >= 0.6 is 11.3 Å². The summed E-state index contributed by atoms with van der Waals surface area (Å²) in [5.41, 5.74) is 0. The zero-order chi connectivity index (χ0) is 13.7. The van der Waals surface area contributed by atoms with Crippen LogP contribution in [-0.4, -0.2) is 23.1 Å². The summed E-state index contributed by atoms with van der Waals surface area (Å²) < 4.78 is 12.7. The first kappa shape index (κ1) is 13.7. The fraction of sp³-hybridized carbons (Fsp3) is 0.385. The molecule has 0 spiro atoms. The Kier molecular flexibility index (Phi) is 4.68. The first-order valence-corrected chi connectivity index (χ1v) is 7.09. The Morgan fingerprint density at radius 1 is 1.21 bits per heavy atom. The predicted molar refractivity (Wildman–Crippen MR) is 77.2 cm³/mol. The Morgan fingerprint density at radius 2 is 2.00 bits per heavy atom. The Bertz CT molecular complexity index is 508. The minimum absolute atomic E-state index is 0.327. The molecule has 19 heavy (non-hydrogen) atoms. The molecule has 2 aromatic heterocycles. The monoisotopic (exact) mass is 280 g/mol. The van der Waals surface area contributed by atoms with Crippen molar-refractivity contribution in [3.05, 3.63) is 35.2 Å². The summed E-state index contributed by atoms with van der Waals surface area (Å²) in [4.78, 5) is 11.7. The molecule has 2 heterocycles. The number of rotatable bonds is 6. The molecule has 0 atom stereocenters. The maximum absolute atomic E-state index is 12.7. The number of nitrogens with zero attached hydrogens (tertiary/aromatic N) is 3. The van der Waals surface area contributed by atoms with Crippen LogP contribution in [0.15, 0.2) is 24.5 Å². The van der Waals surface area contributed by atoms with E-state index >= 15 is 0 Å². The van der Waals surface area contributed by atoms with Crippen LogP contribution < -0.4 is 10.2 Å². The molecule has 1 N–H and O–H groups in total. The molecular formula is C13H17FN4S. The lowest BCUT2D eigenvalue weighted by atomic mass is 10.4. The van der Waals surface area contributed by atoms with Crippen molar-refractivity contribution < 1.29 is 4.39 Å². The Labute approximate surface area is 116 Å². The van der Waals surface area contributed by atoms with Crippen molar-refractivity contribution in [1.82, 2.24) is 9.97 Å². The molecule has 0 unspecified atom stereocenters. The fourth-order valence-corrected chi connectivity index (χ4v) is 2.65. The molecule has 0 aromatic carbocycles. The van der Waals surface area contributed by atoms with Gasteiger partial charge in [-0.2, -0.15) is 0 Å². The third-order valence-electron chi connectivity index (χ3n) is 2.75. The molecule has 0 amide bonds.